The molecule has 0 spiro atoms. The molecule has 0 fully saturated rings. The number of aromatic amines is 2. The summed E-state index contributed by atoms with van der Waals surface area (Å²) in [5, 5.41) is 9.23. The Morgan fingerprint density at radius 3 is 2.79 bits per heavy atom. The number of halogens is 3. The summed E-state index contributed by atoms with van der Waals surface area (Å²) in [6.45, 7) is -1.03. The van der Waals surface area contributed by atoms with Gasteiger partial charge in [0, 0.05) is 10.9 Å². The van der Waals surface area contributed by atoms with Crippen molar-refractivity contribution in [1.29, 1.82) is 0 Å². The van der Waals surface area contributed by atoms with Crippen LogP contribution in [0.2, 0.25) is 0 Å². The molecule has 1 amide bonds. The molecule has 0 bridgehead atoms. The fourth-order valence-electron chi connectivity index (χ4n) is 2.85. The van der Waals surface area contributed by atoms with Crippen molar-refractivity contribution in [3.05, 3.63) is 52.6 Å². The smallest absolute Gasteiger partial charge is 0.414 e. The number of amides is 1. The first kappa shape index (κ1) is 18.5. The number of H-pyrrole nitrogens is 2. The molecule has 2 aromatic carbocycles. The zero-order valence-electron chi connectivity index (χ0n) is 14.5. The first-order valence-corrected chi connectivity index (χ1v) is 8.31. The van der Waals surface area contributed by atoms with E-state index in [4.69, 9.17) is 0 Å². The molecule has 2 aromatic heterocycles. The van der Waals surface area contributed by atoms with E-state index in [-0.39, 0.29) is 11.3 Å². The van der Waals surface area contributed by atoms with Crippen LogP contribution in [0.4, 0.5) is 23.9 Å². The highest BCUT2D eigenvalue weighted by molar-refractivity contribution is 5.96. The molecule has 4 rings (SSSR count). The average Bonchev–Trinajstić information content (AvgIpc) is 3.08. The molecule has 0 unspecified atom stereocenters. The van der Waals surface area contributed by atoms with Crippen LogP contribution in [-0.2, 0) is 4.74 Å². The van der Waals surface area contributed by atoms with Gasteiger partial charge in [0.05, 0.1) is 22.1 Å². The number of imidazole rings is 1. The van der Waals surface area contributed by atoms with Gasteiger partial charge in [-0.2, -0.15) is 5.10 Å². The highest BCUT2D eigenvalue weighted by atomic mass is 19.3. The van der Waals surface area contributed by atoms with Gasteiger partial charge in [-0.1, -0.05) is 6.07 Å². The molecule has 0 aliphatic rings. The lowest BCUT2D eigenvalue weighted by atomic mass is 10.0. The average molecular weight is 403 g/mol. The summed E-state index contributed by atoms with van der Waals surface area (Å²) in [7, 11) is 0. The van der Waals surface area contributed by atoms with Crippen LogP contribution in [0.15, 0.2) is 41.2 Å². The number of ether oxygens (including phenoxy) is 1. The standard InChI is InChI=1S/C18H12F3N5O3/c19-9-2-3-10-11(6-9)15(25-26-16(10)27)8-1-4-12-13(5-8)23-17(22-12)24-18(28)29-7-14(20)21/h1-6,14H,7H2,(H,26,27)(H2,22,23,24,28). The lowest BCUT2D eigenvalue weighted by molar-refractivity contribution is 0.0547. The molecule has 4 aromatic rings. The maximum absolute atomic E-state index is 13.7. The predicted molar refractivity (Wildman–Crippen MR) is 98.4 cm³/mol. The molecule has 29 heavy (non-hydrogen) atoms. The number of benzene rings is 2. The molecule has 0 aliphatic heterocycles. The lowest BCUT2D eigenvalue weighted by Gasteiger charge is -2.05. The van der Waals surface area contributed by atoms with E-state index in [2.05, 4.69) is 30.2 Å². The summed E-state index contributed by atoms with van der Waals surface area (Å²) >= 11 is 0. The van der Waals surface area contributed by atoms with E-state index < -0.39 is 30.5 Å². The highest BCUT2D eigenvalue weighted by Crippen LogP contribution is 2.27. The number of nitrogens with zero attached hydrogens (tertiary/aromatic N) is 2. The first-order chi connectivity index (χ1) is 13.9. The van der Waals surface area contributed by atoms with Crippen LogP contribution in [0, 0.1) is 5.82 Å². The number of aromatic nitrogens is 4. The van der Waals surface area contributed by atoms with Crippen molar-refractivity contribution in [1.82, 2.24) is 20.2 Å². The molecule has 3 N–H and O–H groups in total. The molecule has 11 heteroatoms. The molecular formula is C18H12F3N5O3. The van der Waals surface area contributed by atoms with Crippen molar-refractivity contribution < 1.29 is 22.7 Å². The van der Waals surface area contributed by atoms with Gasteiger partial charge < -0.3 is 9.72 Å². The summed E-state index contributed by atoms with van der Waals surface area (Å²) in [5.41, 5.74) is 1.42. The van der Waals surface area contributed by atoms with Gasteiger partial charge in [-0.05, 0) is 30.3 Å². The lowest BCUT2D eigenvalue weighted by Crippen LogP contribution is -2.18. The minimum absolute atomic E-state index is 0.00162. The maximum Gasteiger partial charge on any atom is 0.414 e. The van der Waals surface area contributed by atoms with Crippen molar-refractivity contribution in [2.24, 2.45) is 0 Å². The van der Waals surface area contributed by atoms with Crippen LogP contribution in [-0.4, -0.2) is 39.3 Å². The third kappa shape index (κ3) is 3.74. The zero-order chi connectivity index (χ0) is 20.5. The van der Waals surface area contributed by atoms with E-state index in [0.717, 1.165) is 0 Å². The Labute approximate surface area is 159 Å². The molecule has 0 saturated heterocycles. The quantitative estimate of drug-likeness (QED) is 0.483. The van der Waals surface area contributed by atoms with Crippen LogP contribution in [0.1, 0.15) is 0 Å². The number of alkyl halides is 2. The van der Waals surface area contributed by atoms with Gasteiger partial charge in [0.2, 0.25) is 5.95 Å². The predicted octanol–water partition coefficient (Wildman–Crippen LogP) is 3.42. The Hall–Kier alpha value is -3.89. The Kier molecular flexibility index (Phi) is 4.63. The Bertz CT molecular complexity index is 1280. The van der Waals surface area contributed by atoms with Gasteiger partial charge in [0.1, 0.15) is 5.82 Å². The number of carbonyl (C=O) groups excluding carboxylic acids is 1. The molecule has 0 atom stereocenters. The third-order valence-electron chi connectivity index (χ3n) is 4.07. The Morgan fingerprint density at radius 2 is 2.00 bits per heavy atom. The van der Waals surface area contributed by atoms with Gasteiger partial charge in [-0.3, -0.25) is 10.1 Å². The molecule has 0 saturated carbocycles. The van der Waals surface area contributed by atoms with E-state index in [1.165, 1.54) is 18.2 Å². The Balaban J connectivity index is 1.69. The Morgan fingerprint density at radius 1 is 1.17 bits per heavy atom. The molecule has 0 radical (unpaired) electrons. The van der Waals surface area contributed by atoms with Crippen LogP contribution in [0.5, 0.6) is 0 Å². The molecule has 0 aliphatic carbocycles. The monoisotopic (exact) mass is 403 g/mol. The van der Waals surface area contributed by atoms with Gasteiger partial charge in [0.25, 0.3) is 12.0 Å². The first-order valence-electron chi connectivity index (χ1n) is 8.31. The highest BCUT2D eigenvalue weighted by Gasteiger charge is 2.14. The molecule has 8 nitrogen and oxygen atoms in total. The number of fused-ring (bicyclic) bond motifs is 2. The van der Waals surface area contributed by atoms with Crippen molar-refractivity contribution in [2.45, 2.75) is 6.43 Å². The zero-order valence-corrected chi connectivity index (χ0v) is 14.5. The van der Waals surface area contributed by atoms with Gasteiger partial charge in [-0.15, -0.1) is 0 Å². The molecular weight excluding hydrogens is 391 g/mol. The second-order valence-electron chi connectivity index (χ2n) is 6.02. The fraction of sp³-hybridized carbons (Fsp3) is 0.111. The second-order valence-corrected chi connectivity index (χ2v) is 6.02. The summed E-state index contributed by atoms with van der Waals surface area (Å²) in [4.78, 5) is 30.3. The van der Waals surface area contributed by atoms with E-state index in [1.807, 2.05) is 0 Å². The van der Waals surface area contributed by atoms with Crippen LogP contribution < -0.4 is 10.9 Å². The van der Waals surface area contributed by atoms with Crippen molar-refractivity contribution in [3.63, 3.8) is 0 Å². The van der Waals surface area contributed by atoms with Crippen LogP contribution in [0.25, 0.3) is 33.1 Å². The summed E-state index contributed by atoms with van der Waals surface area (Å²) < 4.78 is 42.2. The largest absolute Gasteiger partial charge is 0.443 e. The minimum atomic E-state index is -2.77. The topological polar surface area (TPSA) is 113 Å². The molecule has 148 valence electrons. The molecule has 2 heterocycles. The van der Waals surface area contributed by atoms with E-state index >= 15 is 0 Å². The van der Waals surface area contributed by atoms with Gasteiger partial charge in [-0.25, -0.2) is 28.0 Å². The fourth-order valence-corrected chi connectivity index (χ4v) is 2.85. The summed E-state index contributed by atoms with van der Waals surface area (Å²) in [6.07, 6.45) is -3.85. The number of hydrogen-bond donors (Lipinski definition) is 3. The minimum Gasteiger partial charge on any atom is -0.443 e. The number of anilines is 1. The number of carbonyl (C=O) groups is 1. The second kappa shape index (κ2) is 7.26. The maximum atomic E-state index is 13.7. The van der Waals surface area contributed by atoms with Crippen LogP contribution >= 0.6 is 0 Å². The van der Waals surface area contributed by atoms with Crippen molar-refractivity contribution in [3.8, 4) is 11.3 Å². The summed E-state index contributed by atoms with van der Waals surface area (Å²) in [5.74, 6) is -0.510. The summed E-state index contributed by atoms with van der Waals surface area (Å²) in [6, 6.07) is 8.70. The number of nitrogens with one attached hydrogen (secondary N) is 3. The van der Waals surface area contributed by atoms with E-state index in [9.17, 15) is 22.8 Å². The SMILES string of the molecule is O=C(Nc1nc2ccc(-c3n[nH]c(=O)c4ccc(F)cc34)cc2[nH]1)OCC(F)F. The number of rotatable bonds is 4. The van der Waals surface area contributed by atoms with Crippen LogP contribution in [0.3, 0.4) is 0 Å². The third-order valence-corrected chi connectivity index (χ3v) is 4.07. The van der Waals surface area contributed by atoms with E-state index in [1.54, 1.807) is 18.2 Å². The normalized spacial score (nSPS) is 11.3. The van der Waals surface area contributed by atoms with Gasteiger partial charge >= 0.3 is 6.09 Å². The number of hydrogen-bond acceptors (Lipinski definition) is 5. The van der Waals surface area contributed by atoms with Gasteiger partial charge in [0.15, 0.2) is 6.61 Å². The van der Waals surface area contributed by atoms with Crippen molar-refractivity contribution in [2.75, 3.05) is 11.9 Å². The van der Waals surface area contributed by atoms with E-state index in [0.29, 0.717) is 27.7 Å². The van der Waals surface area contributed by atoms with Crippen molar-refractivity contribution >= 4 is 33.8 Å².